The van der Waals surface area contributed by atoms with E-state index in [1.807, 2.05) is 18.0 Å². The Bertz CT molecular complexity index is 588. The molecule has 1 radical (unpaired) electrons. The number of H-pyrrole nitrogens is 1. The van der Waals surface area contributed by atoms with E-state index in [0.29, 0.717) is 0 Å². The number of nitrogens with zero attached hydrogens (tertiary/aromatic N) is 1. The summed E-state index contributed by atoms with van der Waals surface area (Å²) in [5, 5.41) is 1.27. The van der Waals surface area contributed by atoms with E-state index in [0.717, 1.165) is 0 Å². The van der Waals surface area contributed by atoms with Gasteiger partial charge in [0, 0.05) is 21.0 Å². The van der Waals surface area contributed by atoms with Crippen molar-refractivity contribution in [3.05, 3.63) is 28.7 Å². The van der Waals surface area contributed by atoms with Gasteiger partial charge in [-0.15, -0.1) is 0 Å². The van der Waals surface area contributed by atoms with Crippen LogP contribution in [0.25, 0.3) is 10.9 Å². The highest BCUT2D eigenvalue weighted by atomic mass is 79.9. The lowest BCUT2D eigenvalue weighted by Crippen LogP contribution is -2.42. The van der Waals surface area contributed by atoms with Gasteiger partial charge in [-0.2, -0.15) is 0 Å². The Kier molecular flexibility index (Phi) is 2.61. The van der Waals surface area contributed by atoms with Gasteiger partial charge in [-0.3, -0.25) is 0 Å². The first-order valence-corrected chi connectivity index (χ1v) is 10.7. The fourth-order valence-corrected chi connectivity index (χ4v) is 6.07. The largest absolute Gasteiger partial charge is 0.382 e. The molecule has 89 valence electrons. The van der Waals surface area contributed by atoms with Crippen LogP contribution in [0.5, 0.6) is 0 Å². The molecule has 0 spiro atoms. The Balaban J connectivity index is 2.30. The number of rotatable bonds is 1. The van der Waals surface area contributed by atoms with Crippen LogP contribution in [-0.4, -0.2) is 13.2 Å². The summed E-state index contributed by atoms with van der Waals surface area (Å²) in [7, 11) is -1.36. The molecule has 1 aromatic carbocycles. The van der Waals surface area contributed by atoms with Crippen LogP contribution in [0.3, 0.4) is 0 Å². The van der Waals surface area contributed by atoms with Gasteiger partial charge in [0.05, 0.1) is 11.2 Å². The average molecular weight is 326 g/mol. The van der Waals surface area contributed by atoms with Crippen LogP contribution in [0, 0.1) is 5.88 Å². The van der Waals surface area contributed by atoms with Crippen LogP contribution >= 0.6 is 27.7 Å². The van der Waals surface area contributed by atoms with Gasteiger partial charge in [-0.1, -0.05) is 47.3 Å². The smallest absolute Gasteiger partial charge is 0.149 e. The van der Waals surface area contributed by atoms with E-state index in [9.17, 15) is 0 Å². The standard InChI is InChI=1S/C12H14BrN2SSi/c1-17(2,3)15-7-16-10-6-9(13)8-4-5-14-11(8)12(10)15/h4-7,14H,1-3H3. The monoisotopic (exact) mass is 325 g/mol. The summed E-state index contributed by atoms with van der Waals surface area (Å²) in [5.74, 6) is 2.27. The zero-order valence-electron chi connectivity index (χ0n) is 10.0. The molecule has 0 atom stereocenters. The lowest BCUT2D eigenvalue weighted by Gasteiger charge is -2.31. The fourth-order valence-electron chi connectivity index (χ4n) is 2.13. The second kappa shape index (κ2) is 3.80. The minimum Gasteiger partial charge on any atom is -0.382 e. The van der Waals surface area contributed by atoms with Crippen LogP contribution in [0.15, 0.2) is 27.7 Å². The van der Waals surface area contributed by atoms with Crippen molar-refractivity contribution >= 4 is 52.5 Å². The zero-order chi connectivity index (χ0) is 12.2. The number of nitrogens with one attached hydrogen (secondary N) is 1. The summed E-state index contributed by atoms with van der Waals surface area (Å²) in [6.45, 7) is 7.11. The Morgan fingerprint density at radius 3 is 2.82 bits per heavy atom. The van der Waals surface area contributed by atoms with E-state index in [-0.39, 0.29) is 0 Å². The summed E-state index contributed by atoms with van der Waals surface area (Å²) in [6.07, 6.45) is 2.01. The molecule has 0 unspecified atom stereocenters. The van der Waals surface area contributed by atoms with Crippen LogP contribution in [0.1, 0.15) is 0 Å². The number of thioether (sulfide) groups is 1. The molecule has 0 fully saturated rings. The van der Waals surface area contributed by atoms with E-state index < -0.39 is 8.24 Å². The number of benzene rings is 1. The third-order valence-electron chi connectivity index (χ3n) is 2.98. The molecule has 1 aromatic heterocycles. The van der Waals surface area contributed by atoms with Crippen molar-refractivity contribution in [2.75, 3.05) is 4.57 Å². The second-order valence-corrected chi connectivity index (χ2v) is 11.8. The third kappa shape index (κ3) is 1.75. The lowest BCUT2D eigenvalue weighted by atomic mass is 10.2. The Morgan fingerprint density at radius 1 is 1.35 bits per heavy atom. The number of aromatic amines is 1. The molecule has 3 rings (SSSR count). The number of fused-ring (bicyclic) bond motifs is 3. The summed E-state index contributed by atoms with van der Waals surface area (Å²) in [5.41, 5.74) is 2.61. The average Bonchev–Trinajstić information content (AvgIpc) is 2.78. The predicted molar refractivity (Wildman–Crippen MR) is 82.0 cm³/mol. The quantitative estimate of drug-likeness (QED) is 0.759. The fraction of sp³-hybridized carbons (Fsp3) is 0.250. The molecule has 0 saturated carbocycles. The Labute approximate surface area is 115 Å². The number of aromatic nitrogens is 1. The van der Waals surface area contributed by atoms with E-state index in [2.05, 4.69) is 63.1 Å². The molecule has 1 N–H and O–H groups in total. The van der Waals surface area contributed by atoms with Crippen LogP contribution in [0.2, 0.25) is 19.6 Å². The highest BCUT2D eigenvalue weighted by Crippen LogP contribution is 2.49. The molecule has 2 nitrogen and oxygen atoms in total. The van der Waals surface area contributed by atoms with Crippen molar-refractivity contribution in [3.63, 3.8) is 0 Å². The first-order chi connectivity index (χ1) is 7.98. The van der Waals surface area contributed by atoms with Gasteiger partial charge in [-0.25, -0.2) is 0 Å². The molecule has 17 heavy (non-hydrogen) atoms. The Hall–Kier alpha value is -0.393. The van der Waals surface area contributed by atoms with Gasteiger partial charge in [0.1, 0.15) is 14.1 Å². The van der Waals surface area contributed by atoms with E-state index >= 15 is 0 Å². The van der Waals surface area contributed by atoms with Crippen molar-refractivity contribution in [1.82, 2.24) is 4.98 Å². The minimum absolute atomic E-state index is 1.17. The molecular formula is C12H14BrN2SSi. The molecule has 1 aliphatic heterocycles. The maximum atomic E-state index is 3.65. The van der Waals surface area contributed by atoms with E-state index in [4.69, 9.17) is 0 Å². The van der Waals surface area contributed by atoms with E-state index in [1.54, 1.807) is 0 Å². The maximum Gasteiger partial charge on any atom is 0.149 e. The normalized spacial score (nSPS) is 15.6. The summed E-state index contributed by atoms with van der Waals surface area (Å²) in [4.78, 5) is 4.72. The first kappa shape index (κ1) is 11.7. The predicted octanol–water partition coefficient (Wildman–Crippen LogP) is 4.80. The van der Waals surface area contributed by atoms with Gasteiger partial charge in [0.25, 0.3) is 0 Å². The highest BCUT2D eigenvalue weighted by molar-refractivity contribution is 9.10. The molecule has 0 amide bonds. The maximum absolute atomic E-state index is 3.65. The summed E-state index contributed by atoms with van der Waals surface area (Å²) < 4.78 is 3.66. The molecular weight excluding hydrogens is 312 g/mol. The van der Waals surface area contributed by atoms with Crippen LogP contribution in [-0.2, 0) is 0 Å². The topological polar surface area (TPSA) is 19.0 Å². The molecule has 0 bridgehead atoms. The summed E-state index contributed by atoms with van der Waals surface area (Å²) >= 11 is 5.47. The van der Waals surface area contributed by atoms with Crippen molar-refractivity contribution in [2.45, 2.75) is 24.5 Å². The van der Waals surface area contributed by atoms with Gasteiger partial charge in [0.15, 0.2) is 0 Å². The van der Waals surface area contributed by atoms with Crippen molar-refractivity contribution in [2.24, 2.45) is 0 Å². The van der Waals surface area contributed by atoms with Crippen molar-refractivity contribution in [3.8, 4) is 0 Å². The first-order valence-electron chi connectivity index (χ1n) is 5.57. The highest BCUT2D eigenvalue weighted by Gasteiger charge is 2.33. The number of hydrogen-bond donors (Lipinski definition) is 1. The summed E-state index contributed by atoms with van der Waals surface area (Å²) in [6, 6.07) is 4.36. The SMILES string of the molecule is C[Si](C)(C)N1[CH]Sc2cc(Br)c3cc[nH]c3c21. The third-order valence-corrected chi connectivity index (χ3v) is 6.50. The van der Waals surface area contributed by atoms with Gasteiger partial charge < -0.3 is 9.55 Å². The van der Waals surface area contributed by atoms with Gasteiger partial charge in [0.2, 0.25) is 0 Å². The lowest BCUT2D eigenvalue weighted by molar-refractivity contribution is 1.28. The van der Waals surface area contributed by atoms with E-state index in [1.165, 1.54) is 26.0 Å². The van der Waals surface area contributed by atoms with Crippen LogP contribution in [0.4, 0.5) is 5.69 Å². The number of anilines is 1. The molecule has 0 saturated heterocycles. The minimum atomic E-state index is -1.36. The van der Waals surface area contributed by atoms with Gasteiger partial charge >= 0.3 is 0 Å². The van der Waals surface area contributed by atoms with Crippen molar-refractivity contribution in [1.29, 1.82) is 0 Å². The second-order valence-electron chi connectivity index (χ2n) is 5.24. The molecule has 1 aliphatic rings. The molecule has 0 aliphatic carbocycles. The molecule has 2 aromatic rings. The van der Waals surface area contributed by atoms with Gasteiger partial charge in [-0.05, 0) is 12.1 Å². The molecule has 2 heterocycles. The Morgan fingerprint density at radius 2 is 2.12 bits per heavy atom. The molecule has 5 heteroatoms. The zero-order valence-corrected chi connectivity index (χ0v) is 13.4. The number of hydrogen-bond acceptors (Lipinski definition) is 2. The number of halogens is 1. The van der Waals surface area contributed by atoms with Crippen molar-refractivity contribution < 1.29 is 0 Å². The van der Waals surface area contributed by atoms with Crippen LogP contribution < -0.4 is 4.57 Å².